The number of pyridine rings is 6. The van der Waals surface area contributed by atoms with Gasteiger partial charge >= 0.3 is 0 Å². The monoisotopic (exact) mass is 972 g/mol. The van der Waals surface area contributed by atoms with Crippen LogP contribution in [0, 0.1) is 0 Å². The molecule has 0 aliphatic heterocycles. The number of nitrogens with zero attached hydrogens (tertiary/aromatic N) is 10. The Kier molecular flexibility index (Phi) is 9.10. The molecule has 0 spiro atoms. The lowest BCUT2D eigenvalue weighted by Gasteiger charge is -2.27. The lowest BCUT2D eigenvalue weighted by Crippen LogP contribution is -2.16. The Bertz CT molecular complexity index is 4560. The van der Waals surface area contributed by atoms with Crippen molar-refractivity contribution in [1.82, 2.24) is 48.2 Å². The third-order valence-electron chi connectivity index (χ3n) is 15.2. The van der Waals surface area contributed by atoms with Crippen molar-refractivity contribution >= 4 is 87.2 Å². The summed E-state index contributed by atoms with van der Waals surface area (Å²) in [5.74, 6) is 1.43. The molecular weight excluding hydrogens is 933 g/mol. The largest absolute Gasteiger partial charge is 0.305 e. The van der Waals surface area contributed by atoms with Crippen molar-refractivity contribution in [2.75, 3.05) is 0 Å². The van der Waals surface area contributed by atoms with Gasteiger partial charge in [-0.1, -0.05) is 133 Å². The maximum absolute atomic E-state index is 6.34. The Morgan fingerprint density at radius 2 is 0.605 bits per heavy atom. The molecule has 6 aromatic carbocycles. The van der Waals surface area contributed by atoms with Crippen molar-refractivity contribution in [3.8, 4) is 56.7 Å². The third kappa shape index (κ3) is 6.03. The lowest BCUT2D eigenvalue weighted by atomic mass is 9.93. The highest BCUT2D eigenvalue weighted by molar-refractivity contribution is 6.16. The average Bonchev–Trinajstić information content (AvgIpc) is 4.36. The summed E-state index contributed by atoms with van der Waals surface area (Å²) in [6, 6.07) is 68.5. The minimum Gasteiger partial charge on any atom is -0.305 e. The van der Waals surface area contributed by atoms with Gasteiger partial charge in [-0.25, -0.2) is 9.97 Å². The molecule has 0 fully saturated rings. The molecule has 0 radical (unpaired) electrons. The van der Waals surface area contributed by atoms with Gasteiger partial charge in [-0.2, -0.15) is 0 Å². The number of fused-ring (bicyclic) bond motifs is 12. The number of para-hydroxylation sites is 4. The predicted octanol–water partition coefficient (Wildman–Crippen LogP) is 15.4. The molecule has 0 atom stereocenters. The first-order chi connectivity index (χ1) is 37.8. The first-order valence-corrected chi connectivity index (χ1v) is 25.3. The number of aromatic nitrogens is 10. The summed E-state index contributed by atoms with van der Waals surface area (Å²) in [4.78, 5) is 30.8. The maximum Gasteiger partial charge on any atom is 0.165 e. The van der Waals surface area contributed by atoms with E-state index in [1.807, 2.05) is 55.6 Å². The van der Waals surface area contributed by atoms with Crippen molar-refractivity contribution in [3.63, 3.8) is 0 Å². The van der Waals surface area contributed by atoms with Crippen LogP contribution >= 0.6 is 0 Å². The average molecular weight is 973 g/mol. The topological polar surface area (TPSA) is 97.1 Å². The van der Waals surface area contributed by atoms with E-state index < -0.39 is 0 Å². The second-order valence-corrected chi connectivity index (χ2v) is 19.1. The van der Waals surface area contributed by atoms with Crippen molar-refractivity contribution in [3.05, 3.63) is 244 Å². The van der Waals surface area contributed by atoms with E-state index in [0.717, 1.165) is 132 Å². The Morgan fingerprint density at radius 3 is 1.07 bits per heavy atom. The van der Waals surface area contributed by atoms with Crippen molar-refractivity contribution in [2.45, 2.75) is 0 Å². The fourth-order valence-electron chi connectivity index (χ4n) is 12.0. The molecule has 0 aliphatic carbocycles. The molecule has 10 aromatic heterocycles. The fraction of sp³-hybridized carbons (Fsp3) is 0. The molecule has 16 aromatic rings. The van der Waals surface area contributed by atoms with Gasteiger partial charge in [0.05, 0.1) is 55.5 Å². The zero-order valence-electron chi connectivity index (χ0n) is 40.6. The van der Waals surface area contributed by atoms with Crippen LogP contribution in [-0.4, -0.2) is 48.2 Å². The zero-order valence-corrected chi connectivity index (χ0v) is 40.6. The quantitative estimate of drug-likeness (QED) is 0.158. The van der Waals surface area contributed by atoms with Crippen LogP contribution in [0.5, 0.6) is 0 Å². The van der Waals surface area contributed by atoms with Gasteiger partial charge in [0.15, 0.2) is 11.6 Å². The van der Waals surface area contributed by atoms with E-state index in [1.54, 1.807) is 0 Å². The molecule has 0 bridgehead atoms. The molecule has 10 nitrogen and oxygen atoms in total. The van der Waals surface area contributed by atoms with Gasteiger partial charge in [0.1, 0.15) is 11.4 Å². The standard InChI is InChI=1S/C66H40N10/c1-2-15-41(16-3-1)52-23-14-24-53(71-52)42-17-4-5-22-47(42)62-63(73-54-25-10-6-18-43(54)48-37-67-33-29-58(48)73)65(75-56-27-12-8-20-45(56)50-39-69-35-31-60(50)75)72-66(76-57-28-13-9-21-46(57)51-40-70-36-32-61(51)76)64(62)74-55-26-11-7-19-44(55)49-38-68-34-30-59(49)74/h1-40H. The van der Waals surface area contributed by atoms with Gasteiger partial charge in [0.25, 0.3) is 0 Å². The van der Waals surface area contributed by atoms with Crippen LogP contribution < -0.4 is 0 Å². The third-order valence-corrected chi connectivity index (χ3v) is 15.2. The molecular formula is C66H40N10. The molecule has 16 rings (SSSR count). The minimum atomic E-state index is 0.717. The molecule has 354 valence electrons. The van der Waals surface area contributed by atoms with Crippen molar-refractivity contribution < 1.29 is 0 Å². The van der Waals surface area contributed by atoms with Crippen LogP contribution in [-0.2, 0) is 0 Å². The molecule has 10 heteroatoms. The summed E-state index contributed by atoms with van der Waals surface area (Å²) < 4.78 is 9.55. The number of hydrogen-bond acceptors (Lipinski definition) is 6. The first-order valence-electron chi connectivity index (χ1n) is 25.3. The van der Waals surface area contributed by atoms with Crippen LogP contribution in [0.25, 0.3) is 144 Å². The van der Waals surface area contributed by atoms with Crippen LogP contribution in [0.1, 0.15) is 0 Å². The number of rotatable bonds is 7. The van der Waals surface area contributed by atoms with Crippen LogP contribution in [0.15, 0.2) is 244 Å². The van der Waals surface area contributed by atoms with E-state index in [-0.39, 0.29) is 0 Å². The maximum atomic E-state index is 6.34. The van der Waals surface area contributed by atoms with E-state index >= 15 is 0 Å². The molecule has 76 heavy (non-hydrogen) atoms. The summed E-state index contributed by atoms with van der Waals surface area (Å²) >= 11 is 0. The van der Waals surface area contributed by atoms with Gasteiger partial charge in [0.2, 0.25) is 0 Å². The van der Waals surface area contributed by atoms with Gasteiger partial charge in [-0.15, -0.1) is 0 Å². The minimum absolute atomic E-state index is 0.717. The fourth-order valence-corrected chi connectivity index (χ4v) is 12.0. The highest BCUT2D eigenvalue weighted by atomic mass is 15.2. The van der Waals surface area contributed by atoms with Gasteiger partial charge in [-0.05, 0) is 66.2 Å². The van der Waals surface area contributed by atoms with Gasteiger partial charge in [-0.3, -0.25) is 29.1 Å². The molecule has 0 aliphatic rings. The van der Waals surface area contributed by atoms with E-state index in [9.17, 15) is 0 Å². The molecule has 0 saturated carbocycles. The van der Waals surface area contributed by atoms with Crippen LogP contribution in [0.4, 0.5) is 0 Å². The number of benzene rings is 6. The summed E-state index contributed by atoms with van der Waals surface area (Å²) in [5, 5.41) is 8.36. The Morgan fingerprint density at radius 1 is 0.250 bits per heavy atom. The first kappa shape index (κ1) is 42.0. The van der Waals surface area contributed by atoms with Crippen molar-refractivity contribution in [1.29, 1.82) is 0 Å². The van der Waals surface area contributed by atoms with E-state index in [2.05, 4.69) is 206 Å². The smallest absolute Gasteiger partial charge is 0.165 e. The molecule has 0 amide bonds. The predicted molar refractivity (Wildman–Crippen MR) is 307 cm³/mol. The lowest BCUT2D eigenvalue weighted by molar-refractivity contribution is 0.960. The highest BCUT2D eigenvalue weighted by Gasteiger charge is 2.33. The molecule has 10 heterocycles. The number of hydrogen-bond donors (Lipinski definition) is 0. The molecule has 0 unspecified atom stereocenters. The Balaban J connectivity index is 1.22. The second kappa shape index (κ2) is 16.5. The van der Waals surface area contributed by atoms with Gasteiger partial charge < -0.3 is 9.13 Å². The normalized spacial score (nSPS) is 11.9. The highest BCUT2D eigenvalue weighted by Crippen LogP contribution is 2.50. The Labute approximate surface area is 433 Å². The van der Waals surface area contributed by atoms with E-state index in [4.69, 9.17) is 29.9 Å². The van der Waals surface area contributed by atoms with E-state index in [1.165, 1.54) is 0 Å². The summed E-state index contributed by atoms with van der Waals surface area (Å²) in [5.41, 5.74) is 15.2. The molecule has 0 saturated heterocycles. The van der Waals surface area contributed by atoms with Crippen LogP contribution in [0.3, 0.4) is 0 Å². The van der Waals surface area contributed by atoms with Crippen molar-refractivity contribution in [2.24, 2.45) is 0 Å². The summed E-state index contributed by atoms with van der Waals surface area (Å²) in [6.45, 7) is 0. The van der Waals surface area contributed by atoms with Gasteiger partial charge in [0, 0.05) is 109 Å². The molecule has 0 N–H and O–H groups in total. The zero-order chi connectivity index (χ0) is 49.8. The van der Waals surface area contributed by atoms with E-state index in [0.29, 0.717) is 11.6 Å². The summed E-state index contributed by atoms with van der Waals surface area (Å²) in [7, 11) is 0. The SMILES string of the molecule is c1ccc(-c2cccc(-c3ccccc3-c3c(-n4c5ccccc5c5cnccc54)c(-n4c5ccccc5c5cnccc54)nc(-n4c5ccccc5c5cnccc54)c3-n3c4ccccc4c4cnccc43)n2)cc1. The van der Waals surface area contributed by atoms with Crippen LogP contribution in [0.2, 0.25) is 0 Å². The second-order valence-electron chi connectivity index (χ2n) is 19.1. The summed E-state index contributed by atoms with van der Waals surface area (Å²) in [6.07, 6.45) is 15.5. The Hall–Kier alpha value is -10.6.